The molecule has 3 heterocycles. The van der Waals surface area contributed by atoms with Crippen molar-refractivity contribution in [2.45, 2.75) is 50.5 Å². The Balaban J connectivity index is 1.41. The van der Waals surface area contributed by atoms with E-state index in [1.165, 1.54) is 30.4 Å². The van der Waals surface area contributed by atoms with Crippen LogP contribution in [0.4, 0.5) is 0 Å². The largest absolute Gasteiger partial charge is 0.360 e. The molecule has 6 nitrogen and oxygen atoms in total. The van der Waals surface area contributed by atoms with Gasteiger partial charge in [0.1, 0.15) is 5.76 Å². The van der Waals surface area contributed by atoms with Crippen LogP contribution < -0.4 is 0 Å². The van der Waals surface area contributed by atoms with Gasteiger partial charge in [0.15, 0.2) is 5.69 Å². The lowest BCUT2D eigenvalue weighted by Crippen LogP contribution is -2.38. The number of benzene rings is 1. The molecule has 1 aliphatic heterocycles. The van der Waals surface area contributed by atoms with Gasteiger partial charge in [-0.2, -0.15) is 5.10 Å². The van der Waals surface area contributed by atoms with E-state index in [-0.39, 0.29) is 11.8 Å². The summed E-state index contributed by atoms with van der Waals surface area (Å²) in [5.74, 6) is 1.33. The van der Waals surface area contributed by atoms with E-state index in [0.717, 1.165) is 24.2 Å². The topological polar surface area (TPSA) is 64.2 Å². The van der Waals surface area contributed by atoms with Crippen LogP contribution in [-0.4, -0.2) is 32.3 Å². The molecule has 0 saturated heterocycles. The summed E-state index contributed by atoms with van der Waals surface area (Å²) in [6.45, 7) is 1.21. The van der Waals surface area contributed by atoms with Crippen LogP contribution in [0.2, 0.25) is 0 Å². The quantitative estimate of drug-likeness (QED) is 0.671. The maximum absolute atomic E-state index is 13.3. The standard InChI is InChI=1S/C23H26N4O2/c1-26-13-18(12-24-26)20-15-27(14-17-9-5-6-10-19(17)20)23(28)21-11-22(29-25-21)16-7-3-2-4-8-16/h5-6,9-13,16,20H,2-4,7-8,14-15H2,1H3. The molecule has 0 N–H and O–H groups in total. The maximum Gasteiger partial charge on any atom is 0.276 e. The second-order valence-corrected chi connectivity index (χ2v) is 8.33. The third kappa shape index (κ3) is 3.48. The smallest absolute Gasteiger partial charge is 0.276 e. The summed E-state index contributed by atoms with van der Waals surface area (Å²) < 4.78 is 7.40. The highest BCUT2D eigenvalue weighted by atomic mass is 16.5. The highest BCUT2D eigenvalue weighted by Crippen LogP contribution is 2.35. The Morgan fingerprint density at radius 2 is 2.00 bits per heavy atom. The van der Waals surface area contributed by atoms with Crippen LogP contribution >= 0.6 is 0 Å². The van der Waals surface area contributed by atoms with Gasteiger partial charge in [-0.25, -0.2) is 0 Å². The highest BCUT2D eigenvalue weighted by molar-refractivity contribution is 5.92. The number of aryl methyl sites for hydroxylation is 1. The normalized spacial score (nSPS) is 19.9. The molecule has 0 bridgehead atoms. The molecule has 1 saturated carbocycles. The van der Waals surface area contributed by atoms with E-state index in [2.05, 4.69) is 28.5 Å². The molecule has 2 aromatic heterocycles. The average Bonchev–Trinajstić information content (AvgIpc) is 3.42. The summed E-state index contributed by atoms with van der Waals surface area (Å²) >= 11 is 0. The number of fused-ring (bicyclic) bond motifs is 1. The lowest BCUT2D eigenvalue weighted by atomic mass is 9.86. The van der Waals surface area contributed by atoms with Crippen molar-refractivity contribution in [3.8, 4) is 0 Å². The minimum absolute atomic E-state index is 0.0563. The van der Waals surface area contributed by atoms with Crippen LogP contribution in [0.1, 0.15) is 76.9 Å². The van der Waals surface area contributed by atoms with Crippen molar-refractivity contribution in [2.75, 3.05) is 6.54 Å². The monoisotopic (exact) mass is 390 g/mol. The number of hydrogen-bond acceptors (Lipinski definition) is 4. The van der Waals surface area contributed by atoms with Crippen molar-refractivity contribution >= 4 is 5.91 Å². The van der Waals surface area contributed by atoms with Gasteiger partial charge in [-0.05, 0) is 29.5 Å². The van der Waals surface area contributed by atoms with Crippen molar-refractivity contribution in [3.63, 3.8) is 0 Å². The fourth-order valence-electron chi connectivity index (χ4n) is 4.80. The Hall–Kier alpha value is -2.89. The molecule has 0 spiro atoms. The van der Waals surface area contributed by atoms with Crippen molar-refractivity contribution in [3.05, 3.63) is 70.9 Å². The predicted molar refractivity (Wildman–Crippen MR) is 109 cm³/mol. The summed E-state index contributed by atoms with van der Waals surface area (Å²) in [5, 5.41) is 8.48. The molecule has 1 amide bonds. The first-order valence-electron chi connectivity index (χ1n) is 10.5. The third-order valence-electron chi connectivity index (χ3n) is 6.36. The Kier molecular flexibility index (Phi) is 4.70. The molecule has 6 heteroatoms. The molecule has 0 radical (unpaired) electrons. The molecule has 1 unspecified atom stereocenters. The van der Waals surface area contributed by atoms with Crippen LogP contribution in [0.5, 0.6) is 0 Å². The molecule has 1 atom stereocenters. The molecule has 29 heavy (non-hydrogen) atoms. The number of aromatic nitrogens is 3. The zero-order valence-corrected chi connectivity index (χ0v) is 16.8. The van der Waals surface area contributed by atoms with Crippen molar-refractivity contribution in [2.24, 2.45) is 7.05 Å². The highest BCUT2D eigenvalue weighted by Gasteiger charge is 2.32. The van der Waals surface area contributed by atoms with E-state index in [1.807, 2.05) is 41.2 Å². The van der Waals surface area contributed by atoms with Crippen molar-refractivity contribution < 1.29 is 9.32 Å². The average molecular weight is 390 g/mol. The predicted octanol–water partition coefficient (Wildman–Crippen LogP) is 4.24. The van der Waals surface area contributed by atoms with E-state index >= 15 is 0 Å². The number of carbonyl (C=O) groups is 1. The van der Waals surface area contributed by atoms with E-state index in [1.54, 1.807) is 0 Å². The lowest BCUT2D eigenvalue weighted by Gasteiger charge is -2.34. The summed E-state index contributed by atoms with van der Waals surface area (Å²) in [6.07, 6.45) is 9.93. The van der Waals surface area contributed by atoms with Crippen molar-refractivity contribution in [1.82, 2.24) is 19.8 Å². The van der Waals surface area contributed by atoms with Gasteiger partial charge >= 0.3 is 0 Å². The second kappa shape index (κ2) is 7.50. The SMILES string of the molecule is Cn1cc(C2CN(C(=O)c3cc(C4CCCCC4)on3)Cc3ccccc32)cn1. The first-order chi connectivity index (χ1) is 14.2. The van der Waals surface area contributed by atoms with Gasteiger partial charge < -0.3 is 9.42 Å². The molecule has 2 aliphatic rings. The molecule has 1 fully saturated rings. The molecule has 1 aromatic carbocycles. The summed E-state index contributed by atoms with van der Waals surface area (Å²) in [5.41, 5.74) is 4.00. The lowest BCUT2D eigenvalue weighted by molar-refractivity contribution is 0.0714. The first kappa shape index (κ1) is 18.2. The van der Waals surface area contributed by atoms with Crippen LogP contribution in [-0.2, 0) is 13.6 Å². The zero-order valence-electron chi connectivity index (χ0n) is 16.8. The minimum Gasteiger partial charge on any atom is -0.360 e. The van der Waals surface area contributed by atoms with Gasteiger partial charge in [0, 0.05) is 44.2 Å². The van der Waals surface area contributed by atoms with Gasteiger partial charge in [-0.1, -0.05) is 48.7 Å². The molecule has 5 rings (SSSR count). The minimum atomic E-state index is -0.0563. The van der Waals surface area contributed by atoms with Gasteiger partial charge in [-0.15, -0.1) is 0 Å². The number of rotatable bonds is 3. The Morgan fingerprint density at radius 3 is 2.79 bits per heavy atom. The van der Waals surface area contributed by atoms with E-state index in [0.29, 0.717) is 24.7 Å². The van der Waals surface area contributed by atoms with Gasteiger partial charge in [0.2, 0.25) is 0 Å². The third-order valence-corrected chi connectivity index (χ3v) is 6.36. The van der Waals surface area contributed by atoms with Gasteiger partial charge in [-0.3, -0.25) is 9.48 Å². The molecule has 1 aliphatic carbocycles. The van der Waals surface area contributed by atoms with Crippen LogP contribution in [0.15, 0.2) is 47.2 Å². The maximum atomic E-state index is 13.3. The van der Waals surface area contributed by atoms with Crippen LogP contribution in [0.3, 0.4) is 0 Å². The molecule has 150 valence electrons. The number of carbonyl (C=O) groups excluding carboxylic acids is 1. The first-order valence-corrected chi connectivity index (χ1v) is 10.5. The summed E-state index contributed by atoms with van der Waals surface area (Å²) in [6, 6.07) is 10.2. The van der Waals surface area contributed by atoms with E-state index in [4.69, 9.17) is 4.52 Å². The number of amides is 1. The Morgan fingerprint density at radius 1 is 1.17 bits per heavy atom. The summed E-state index contributed by atoms with van der Waals surface area (Å²) in [7, 11) is 1.92. The fraction of sp³-hybridized carbons (Fsp3) is 0.435. The van der Waals surface area contributed by atoms with Crippen LogP contribution in [0.25, 0.3) is 0 Å². The summed E-state index contributed by atoms with van der Waals surface area (Å²) in [4.78, 5) is 15.2. The zero-order chi connectivity index (χ0) is 19.8. The van der Waals surface area contributed by atoms with Gasteiger partial charge in [0.25, 0.3) is 5.91 Å². The number of nitrogens with zero attached hydrogens (tertiary/aromatic N) is 4. The Bertz CT molecular complexity index is 1020. The fourth-order valence-corrected chi connectivity index (χ4v) is 4.80. The van der Waals surface area contributed by atoms with Crippen molar-refractivity contribution in [1.29, 1.82) is 0 Å². The molecule has 3 aromatic rings. The Labute approximate surface area is 170 Å². The molecular formula is C23H26N4O2. The molecular weight excluding hydrogens is 364 g/mol. The van der Waals surface area contributed by atoms with E-state index < -0.39 is 0 Å². The second-order valence-electron chi connectivity index (χ2n) is 8.33. The number of hydrogen-bond donors (Lipinski definition) is 0. The van der Waals surface area contributed by atoms with E-state index in [9.17, 15) is 4.79 Å². The van der Waals surface area contributed by atoms with Crippen LogP contribution in [0, 0.1) is 0 Å². The van der Waals surface area contributed by atoms with Gasteiger partial charge in [0.05, 0.1) is 6.20 Å².